The number of nitrogens with one attached hydrogen (secondary N) is 1. The normalized spacial score (nSPS) is 12.0. The lowest BCUT2D eigenvalue weighted by Crippen LogP contribution is -2.55. The Hall–Kier alpha value is -2.58. The van der Waals surface area contributed by atoms with Gasteiger partial charge in [0, 0.05) is 27.1 Å². The van der Waals surface area contributed by atoms with Crippen molar-refractivity contribution in [1.29, 1.82) is 0 Å². The number of carbonyl (C=O) groups is 2. The summed E-state index contributed by atoms with van der Waals surface area (Å²) in [5, 5.41) is 3.59. The van der Waals surface area contributed by atoms with Crippen LogP contribution in [0.15, 0.2) is 78.9 Å². The van der Waals surface area contributed by atoms with E-state index >= 15 is 0 Å². The molecule has 2 amide bonds. The third-order valence-corrected chi connectivity index (χ3v) is 6.33. The number of nitrogens with zero attached hydrogens (tertiary/aromatic N) is 1. The molecule has 3 aromatic rings. The molecule has 0 aromatic heterocycles. The Morgan fingerprint density at radius 3 is 2.23 bits per heavy atom. The molecule has 3 rings (SSSR count). The van der Waals surface area contributed by atoms with Gasteiger partial charge in [-0.05, 0) is 84.8 Å². The summed E-state index contributed by atoms with van der Waals surface area (Å²) >= 11 is 8.65. The van der Waals surface area contributed by atoms with Crippen LogP contribution in [0.25, 0.3) is 0 Å². The van der Waals surface area contributed by atoms with E-state index in [1.54, 1.807) is 11.0 Å². The molecule has 0 spiro atoms. The third-order valence-electron chi connectivity index (χ3n) is 5.24. The van der Waals surface area contributed by atoms with E-state index in [0.29, 0.717) is 17.2 Å². The van der Waals surface area contributed by atoms with Crippen molar-refractivity contribution in [3.63, 3.8) is 0 Å². The zero-order chi connectivity index (χ0) is 25.4. The molecule has 0 saturated carbocycles. The van der Waals surface area contributed by atoms with Gasteiger partial charge >= 0.3 is 0 Å². The third kappa shape index (κ3) is 8.54. The highest BCUT2D eigenvalue weighted by Gasteiger charge is 2.32. The van der Waals surface area contributed by atoms with Gasteiger partial charge in [0.2, 0.25) is 5.91 Å². The summed E-state index contributed by atoms with van der Waals surface area (Å²) < 4.78 is 6.87. The topological polar surface area (TPSA) is 58.6 Å². The van der Waals surface area contributed by atoms with Crippen LogP contribution in [0.2, 0.25) is 5.02 Å². The van der Waals surface area contributed by atoms with Crippen LogP contribution in [0.1, 0.15) is 31.9 Å². The number of amides is 2. The molecule has 1 unspecified atom stereocenters. The van der Waals surface area contributed by atoms with Crippen molar-refractivity contribution in [2.75, 3.05) is 6.61 Å². The second-order valence-electron chi connectivity index (χ2n) is 9.30. The van der Waals surface area contributed by atoms with E-state index in [-0.39, 0.29) is 25.0 Å². The standard InChI is InChI=1S/C28H30ClIN2O3/c1-28(2,3)31-27(34)25(17-20-9-5-4-6-10-20)32(18-21-11-7-8-12-24(21)29)26(33)19-35-23-15-13-22(30)14-16-23/h4-16,25H,17-19H2,1-3H3,(H,31,34). The predicted molar refractivity (Wildman–Crippen MR) is 148 cm³/mol. The Bertz CT molecular complexity index is 1130. The average Bonchev–Trinajstić information content (AvgIpc) is 2.81. The number of rotatable bonds is 9. The van der Waals surface area contributed by atoms with Crippen LogP contribution >= 0.6 is 34.2 Å². The lowest BCUT2D eigenvalue weighted by atomic mass is 10.0. The van der Waals surface area contributed by atoms with Gasteiger partial charge in [-0.25, -0.2) is 0 Å². The van der Waals surface area contributed by atoms with E-state index in [1.807, 2.05) is 93.6 Å². The smallest absolute Gasteiger partial charge is 0.261 e. The fraction of sp³-hybridized carbons (Fsp3) is 0.286. The van der Waals surface area contributed by atoms with Gasteiger partial charge in [-0.1, -0.05) is 60.1 Å². The molecule has 1 N–H and O–H groups in total. The first-order valence-corrected chi connectivity index (χ1v) is 12.9. The first kappa shape index (κ1) is 27.0. The molecule has 0 saturated heterocycles. The van der Waals surface area contributed by atoms with Crippen molar-refractivity contribution in [3.8, 4) is 5.75 Å². The molecule has 0 heterocycles. The molecule has 1 atom stereocenters. The number of halogens is 2. The second-order valence-corrected chi connectivity index (χ2v) is 11.0. The van der Waals surface area contributed by atoms with Gasteiger partial charge in [0.05, 0.1) is 0 Å². The summed E-state index contributed by atoms with van der Waals surface area (Å²) in [7, 11) is 0. The maximum absolute atomic E-state index is 13.6. The quantitative estimate of drug-likeness (QED) is 0.311. The van der Waals surface area contributed by atoms with Crippen molar-refractivity contribution >= 4 is 46.0 Å². The van der Waals surface area contributed by atoms with Crippen molar-refractivity contribution in [3.05, 3.63) is 98.6 Å². The number of hydrogen-bond donors (Lipinski definition) is 1. The van der Waals surface area contributed by atoms with Crippen molar-refractivity contribution < 1.29 is 14.3 Å². The Morgan fingerprint density at radius 1 is 0.971 bits per heavy atom. The molecule has 0 aliphatic carbocycles. The monoisotopic (exact) mass is 604 g/mol. The van der Waals surface area contributed by atoms with Crippen molar-refractivity contribution in [2.24, 2.45) is 0 Å². The largest absolute Gasteiger partial charge is 0.484 e. The van der Waals surface area contributed by atoms with Gasteiger partial charge in [0.1, 0.15) is 11.8 Å². The molecule has 184 valence electrons. The summed E-state index contributed by atoms with van der Waals surface area (Å²) in [6, 6.07) is 23.8. The lowest BCUT2D eigenvalue weighted by molar-refractivity contribution is -0.143. The van der Waals surface area contributed by atoms with E-state index in [9.17, 15) is 9.59 Å². The molecule has 35 heavy (non-hydrogen) atoms. The van der Waals surface area contributed by atoms with Crippen LogP contribution in [0, 0.1) is 3.57 Å². The molecular formula is C28H30ClIN2O3. The molecule has 0 fully saturated rings. The molecule has 7 heteroatoms. The minimum absolute atomic E-state index is 0.184. The van der Waals surface area contributed by atoms with Crippen molar-refractivity contribution in [2.45, 2.75) is 45.3 Å². The first-order valence-electron chi connectivity index (χ1n) is 11.4. The first-order chi connectivity index (χ1) is 16.6. The fourth-order valence-corrected chi connectivity index (χ4v) is 4.13. The molecule has 5 nitrogen and oxygen atoms in total. The maximum atomic E-state index is 13.6. The Morgan fingerprint density at radius 2 is 1.60 bits per heavy atom. The van der Waals surface area contributed by atoms with Crippen molar-refractivity contribution in [1.82, 2.24) is 10.2 Å². The van der Waals surface area contributed by atoms with Crippen LogP contribution < -0.4 is 10.1 Å². The van der Waals surface area contributed by atoms with E-state index < -0.39 is 11.6 Å². The summed E-state index contributed by atoms with van der Waals surface area (Å²) in [5.74, 6) is 0.0692. The van der Waals surface area contributed by atoms with E-state index in [4.69, 9.17) is 16.3 Å². The zero-order valence-electron chi connectivity index (χ0n) is 20.1. The maximum Gasteiger partial charge on any atom is 0.261 e. The summed E-state index contributed by atoms with van der Waals surface area (Å²) in [6.45, 7) is 5.75. The highest BCUT2D eigenvalue weighted by atomic mass is 127. The van der Waals surface area contributed by atoms with Crippen LogP contribution in [-0.4, -0.2) is 34.9 Å². The summed E-state index contributed by atoms with van der Waals surface area (Å²) in [6.07, 6.45) is 0.364. The number of carbonyl (C=O) groups excluding carboxylic acids is 2. The average molecular weight is 605 g/mol. The van der Waals surface area contributed by atoms with Gasteiger partial charge in [0.25, 0.3) is 5.91 Å². The summed E-state index contributed by atoms with van der Waals surface area (Å²) in [5.41, 5.74) is 1.26. The van der Waals surface area contributed by atoms with Gasteiger partial charge in [-0.2, -0.15) is 0 Å². The zero-order valence-corrected chi connectivity index (χ0v) is 23.0. The number of hydrogen-bond acceptors (Lipinski definition) is 3. The molecule has 3 aromatic carbocycles. The van der Waals surface area contributed by atoms with Gasteiger partial charge in [-0.3, -0.25) is 9.59 Å². The Balaban J connectivity index is 1.93. The van der Waals surface area contributed by atoms with Crippen LogP contribution in [0.5, 0.6) is 5.75 Å². The highest BCUT2D eigenvalue weighted by molar-refractivity contribution is 14.1. The minimum atomic E-state index is -0.749. The SMILES string of the molecule is CC(C)(C)NC(=O)C(Cc1ccccc1)N(Cc1ccccc1Cl)C(=O)COc1ccc(I)cc1. The van der Waals surface area contributed by atoms with E-state index in [2.05, 4.69) is 27.9 Å². The van der Waals surface area contributed by atoms with Crippen LogP contribution in [0.4, 0.5) is 0 Å². The van der Waals surface area contributed by atoms with Crippen LogP contribution in [0.3, 0.4) is 0 Å². The number of benzene rings is 3. The molecular weight excluding hydrogens is 575 g/mol. The number of ether oxygens (including phenoxy) is 1. The van der Waals surface area contributed by atoms with Gasteiger partial charge in [-0.15, -0.1) is 0 Å². The van der Waals surface area contributed by atoms with E-state index in [1.165, 1.54) is 0 Å². The minimum Gasteiger partial charge on any atom is -0.484 e. The summed E-state index contributed by atoms with van der Waals surface area (Å²) in [4.78, 5) is 28.7. The van der Waals surface area contributed by atoms with Crippen LogP contribution in [-0.2, 0) is 22.6 Å². The molecule has 0 aliphatic rings. The highest BCUT2D eigenvalue weighted by Crippen LogP contribution is 2.21. The molecule has 0 bridgehead atoms. The lowest BCUT2D eigenvalue weighted by Gasteiger charge is -2.34. The fourth-order valence-electron chi connectivity index (χ4n) is 3.58. The second kappa shape index (κ2) is 12.4. The van der Waals surface area contributed by atoms with E-state index in [0.717, 1.165) is 14.7 Å². The van der Waals surface area contributed by atoms with Gasteiger partial charge in [0.15, 0.2) is 6.61 Å². The van der Waals surface area contributed by atoms with Gasteiger partial charge < -0.3 is 15.0 Å². The molecule has 0 aliphatic heterocycles. The predicted octanol–water partition coefficient (Wildman–Crippen LogP) is 5.88. The molecule has 0 radical (unpaired) electrons. The Labute approximate surface area is 226 Å². The Kier molecular flexibility index (Phi) is 9.57.